The second kappa shape index (κ2) is 7.80. The van der Waals surface area contributed by atoms with Crippen LogP contribution in [0.1, 0.15) is 24.1 Å². The maximum absolute atomic E-state index is 15.4. The van der Waals surface area contributed by atoms with Crippen LogP contribution < -0.4 is 5.32 Å². The first-order valence-corrected chi connectivity index (χ1v) is 10.4. The van der Waals surface area contributed by atoms with Gasteiger partial charge in [-0.2, -0.15) is 0 Å². The van der Waals surface area contributed by atoms with E-state index in [0.29, 0.717) is 46.1 Å². The molecular weight excluding hydrogens is 431 g/mol. The third-order valence-corrected chi connectivity index (χ3v) is 5.93. The molecule has 1 aliphatic carbocycles. The normalized spacial score (nSPS) is 14.2. The maximum atomic E-state index is 15.4. The van der Waals surface area contributed by atoms with Crippen LogP contribution in [0.2, 0.25) is 5.02 Å². The Labute approximate surface area is 188 Å². The Morgan fingerprint density at radius 1 is 1.19 bits per heavy atom. The highest BCUT2D eigenvalue weighted by Crippen LogP contribution is 2.49. The van der Waals surface area contributed by atoms with E-state index < -0.39 is 11.2 Å². The van der Waals surface area contributed by atoms with Crippen LogP contribution in [0.4, 0.5) is 10.1 Å². The number of hydrogen-bond acceptors (Lipinski definition) is 5. The Bertz CT molecular complexity index is 1320. The molecule has 1 amide bonds. The number of tetrazole rings is 1. The zero-order valence-corrected chi connectivity index (χ0v) is 17.8. The lowest BCUT2D eigenvalue weighted by Gasteiger charge is -2.18. The quantitative estimate of drug-likeness (QED) is 0.461. The average Bonchev–Trinajstić information content (AvgIpc) is 3.40. The molecule has 2 aromatic heterocycles. The molecular formula is C23H18ClFN6O. The van der Waals surface area contributed by atoms with Gasteiger partial charge in [0.1, 0.15) is 5.82 Å². The number of benzene rings is 2. The lowest BCUT2D eigenvalue weighted by Crippen LogP contribution is -2.27. The third kappa shape index (κ3) is 3.62. The summed E-state index contributed by atoms with van der Waals surface area (Å²) in [4.78, 5) is 17.4. The molecule has 9 heteroatoms. The van der Waals surface area contributed by atoms with Crippen LogP contribution in [-0.2, 0) is 10.2 Å². The zero-order chi connectivity index (χ0) is 22.3. The number of aromatic nitrogens is 5. The number of halogens is 2. The van der Waals surface area contributed by atoms with Gasteiger partial charge in [0.2, 0.25) is 5.91 Å². The van der Waals surface area contributed by atoms with Crippen LogP contribution in [0.15, 0.2) is 54.7 Å². The van der Waals surface area contributed by atoms with Gasteiger partial charge in [-0.25, -0.2) is 9.49 Å². The van der Waals surface area contributed by atoms with E-state index in [0.717, 1.165) is 11.3 Å². The molecule has 1 fully saturated rings. The van der Waals surface area contributed by atoms with Crippen molar-refractivity contribution in [3.05, 3.63) is 76.8 Å². The Balaban J connectivity index is 1.54. The Hall–Kier alpha value is -3.65. The average molecular weight is 449 g/mol. The molecule has 0 radical (unpaired) electrons. The first-order valence-electron chi connectivity index (χ1n) is 10.0. The lowest BCUT2D eigenvalue weighted by molar-refractivity contribution is -0.118. The molecule has 0 unspecified atom stereocenters. The van der Waals surface area contributed by atoms with E-state index in [9.17, 15) is 4.79 Å². The van der Waals surface area contributed by atoms with Gasteiger partial charge in [0.25, 0.3) is 0 Å². The highest BCUT2D eigenvalue weighted by molar-refractivity contribution is 6.30. The molecule has 2 N–H and O–H groups in total. The van der Waals surface area contributed by atoms with E-state index in [4.69, 9.17) is 11.6 Å². The van der Waals surface area contributed by atoms with Gasteiger partial charge in [-0.15, -0.1) is 5.10 Å². The van der Waals surface area contributed by atoms with Gasteiger partial charge in [0, 0.05) is 33.7 Å². The van der Waals surface area contributed by atoms with Gasteiger partial charge >= 0.3 is 0 Å². The Kier molecular flexibility index (Phi) is 4.94. The molecule has 1 saturated carbocycles. The molecule has 0 spiro atoms. The van der Waals surface area contributed by atoms with Crippen LogP contribution in [0, 0.1) is 12.7 Å². The topological polar surface area (TPSA) is 96.5 Å². The molecule has 2 heterocycles. The van der Waals surface area contributed by atoms with E-state index in [1.807, 2.05) is 19.1 Å². The van der Waals surface area contributed by atoms with Crippen molar-refractivity contribution in [2.75, 3.05) is 5.32 Å². The number of pyridine rings is 1. The van der Waals surface area contributed by atoms with Crippen molar-refractivity contribution in [3.63, 3.8) is 0 Å². The fraction of sp³-hybridized carbons (Fsp3) is 0.174. The van der Waals surface area contributed by atoms with Gasteiger partial charge in [-0.1, -0.05) is 23.7 Å². The standard InChI is InChI=1S/C23H18ClFN6O/c1-13-9-14(5-8-26-13)20-18(21-28-30-31-29-21)11-17(12-19(20)25)27-22(32)23(6-7-23)15-3-2-4-16(24)10-15/h2-5,8-12H,6-7H2,1H3,(H,27,32)(H,28,29,30,31). The molecule has 4 aromatic rings. The number of nitrogens with one attached hydrogen (secondary N) is 2. The molecule has 0 atom stereocenters. The fourth-order valence-corrected chi connectivity index (χ4v) is 4.13. The number of rotatable bonds is 5. The van der Waals surface area contributed by atoms with Crippen molar-refractivity contribution in [3.8, 4) is 22.5 Å². The number of nitrogens with zero attached hydrogens (tertiary/aromatic N) is 4. The van der Waals surface area contributed by atoms with Crippen molar-refractivity contribution < 1.29 is 9.18 Å². The summed E-state index contributed by atoms with van der Waals surface area (Å²) in [5.74, 6) is -0.416. The van der Waals surface area contributed by atoms with Crippen molar-refractivity contribution in [2.45, 2.75) is 25.2 Å². The second-order valence-electron chi connectivity index (χ2n) is 7.86. The number of H-pyrrole nitrogens is 1. The summed E-state index contributed by atoms with van der Waals surface area (Å²) < 4.78 is 15.4. The van der Waals surface area contributed by atoms with Crippen LogP contribution in [0.25, 0.3) is 22.5 Å². The Morgan fingerprint density at radius 2 is 2.03 bits per heavy atom. The third-order valence-electron chi connectivity index (χ3n) is 5.70. The van der Waals surface area contributed by atoms with Gasteiger partial charge in [-0.05, 0) is 77.7 Å². The van der Waals surface area contributed by atoms with Gasteiger partial charge in [-0.3, -0.25) is 9.78 Å². The van der Waals surface area contributed by atoms with Crippen LogP contribution in [0.3, 0.4) is 0 Å². The minimum atomic E-state index is -0.657. The summed E-state index contributed by atoms with van der Waals surface area (Å²) >= 11 is 6.12. The van der Waals surface area contributed by atoms with Gasteiger partial charge in [0.15, 0.2) is 5.82 Å². The smallest absolute Gasteiger partial charge is 0.235 e. The molecule has 0 saturated heterocycles. The van der Waals surface area contributed by atoms with Crippen molar-refractivity contribution in [2.24, 2.45) is 0 Å². The predicted molar refractivity (Wildman–Crippen MR) is 119 cm³/mol. The first-order chi connectivity index (χ1) is 15.5. The molecule has 32 heavy (non-hydrogen) atoms. The van der Waals surface area contributed by atoms with Gasteiger partial charge < -0.3 is 5.32 Å². The molecule has 0 aliphatic heterocycles. The maximum Gasteiger partial charge on any atom is 0.235 e. The predicted octanol–water partition coefficient (Wildman–Crippen LogP) is 4.70. The van der Waals surface area contributed by atoms with E-state index in [1.54, 1.807) is 36.5 Å². The number of amides is 1. The van der Waals surface area contributed by atoms with Crippen molar-refractivity contribution in [1.82, 2.24) is 25.6 Å². The molecule has 7 nitrogen and oxygen atoms in total. The first kappa shape index (κ1) is 20.3. The zero-order valence-electron chi connectivity index (χ0n) is 17.1. The monoisotopic (exact) mass is 448 g/mol. The summed E-state index contributed by atoms with van der Waals surface area (Å²) in [6, 6.07) is 13.8. The highest BCUT2D eigenvalue weighted by Gasteiger charge is 2.51. The summed E-state index contributed by atoms with van der Waals surface area (Å²) in [6.07, 6.45) is 3.02. The number of hydrogen-bond donors (Lipinski definition) is 2. The van der Waals surface area contributed by atoms with Crippen molar-refractivity contribution in [1.29, 1.82) is 0 Å². The highest BCUT2D eigenvalue weighted by atomic mass is 35.5. The van der Waals surface area contributed by atoms with E-state index in [2.05, 4.69) is 30.9 Å². The SMILES string of the molecule is Cc1cc(-c2c(F)cc(NC(=O)C3(c4cccc(Cl)c4)CC3)cc2-c2nnn[nH]2)ccn1. The van der Waals surface area contributed by atoms with Crippen molar-refractivity contribution >= 4 is 23.2 Å². The summed E-state index contributed by atoms with van der Waals surface area (Å²) in [7, 11) is 0. The molecule has 0 bridgehead atoms. The fourth-order valence-electron chi connectivity index (χ4n) is 3.94. The minimum absolute atomic E-state index is 0.201. The number of aryl methyl sites for hydroxylation is 1. The minimum Gasteiger partial charge on any atom is -0.325 e. The lowest BCUT2D eigenvalue weighted by atomic mass is 9.94. The molecule has 160 valence electrons. The summed E-state index contributed by atoms with van der Waals surface area (Å²) in [5, 5.41) is 17.3. The number of carbonyl (C=O) groups is 1. The van der Waals surface area contributed by atoms with Crippen LogP contribution in [-0.4, -0.2) is 31.5 Å². The van der Waals surface area contributed by atoms with Gasteiger partial charge in [0.05, 0.1) is 5.41 Å². The largest absolute Gasteiger partial charge is 0.325 e. The summed E-state index contributed by atoms with van der Waals surface area (Å²) in [5.41, 5.74) is 2.66. The Morgan fingerprint density at radius 3 is 2.72 bits per heavy atom. The van der Waals surface area contributed by atoms with E-state index in [1.165, 1.54) is 6.07 Å². The molecule has 5 rings (SSSR count). The summed E-state index contributed by atoms with van der Waals surface area (Å²) in [6.45, 7) is 1.83. The number of carbonyl (C=O) groups excluding carboxylic acids is 1. The van der Waals surface area contributed by atoms with E-state index >= 15 is 4.39 Å². The number of anilines is 1. The number of aromatic amines is 1. The van der Waals surface area contributed by atoms with E-state index in [-0.39, 0.29) is 5.91 Å². The molecule has 1 aliphatic rings. The van der Waals surface area contributed by atoms with Crippen LogP contribution in [0.5, 0.6) is 0 Å². The second-order valence-corrected chi connectivity index (χ2v) is 8.30. The molecule has 2 aromatic carbocycles. The van der Waals surface area contributed by atoms with Crippen LogP contribution >= 0.6 is 11.6 Å².